The molecule has 2 aromatic heterocycles. The van der Waals surface area contributed by atoms with Crippen LogP contribution in [0.4, 0.5) is 0 Å². The summed E-state index contributed by atoms with van der Waals surface area (Å²) in [5.41, 5.74) is 29.0. The Morgan fingerprint density at radius 1 is 0.260 bits per heavy atom. The van der Waals surface area contributed by atoms with Crippen molar-refractivity contribution in [3.63, 3.8) is 0 Å². The summed E-state index contributed by atoms with van der Waals surface area (Å²) < 4.78 is 0. The van der Waals surface area contributed by atoms with E-state index in [0.717, 1.165) is 94.7 Å². The molecule has 0 unspecified atom stereocenters. The number of benzene rings is 9. The van der Waals surface area contributed by atoms with Crippen molar-refractivity contribution in [2.75, 3.05) is 0 Å². The van der Waals surface area contributed by atoms with E-state index in [9.17, 15) is 5.26 Å². The summed E-state index contributed by atoms with van der Waals surface area (Å²) in [6, 6.07) is 81.3. The van der Waals surface area contributed by atoms with Crippen LogP contribution in [0.15, 0.2) is 212 Å². The number of unbranched alkanes of at least 4 members (excludes halogenated alkanes) is 20. The Bertz CT molecular complexity index is 4670. The van der Waals surface area contributed by atoms with Crippen LogP contribution in [-0.2, 0) is 10.8 Å². The van der Waals surface area contributed by atoms with Gasteiger partial charge in [0.25, 0.3) is 0 Å². The van der Waals surface area contributed by atoms with Gasteiger partial charge in [0.05, 0.1) is 34.4 Å². The van der Waals surface area contributed by atoms with Crippen molar-refractivity contribution in [3.05, 3.63) is 251 Å². The van der Waals surface area contributed by atoms with Crippen molar-refractivity contribution in [3.8, 4) is 118 Å². The molecule has 0 fully saturated rings. The average Bonchev–Trinajstić information content (AvgIpc) is 1.56. The predicted molar refractivity (Wildman–Crippen MR) is 440 cm³/mol. The van der Waals surface area contributed by atoms with E-state index in [2.05, 4.69) is 236 Å². The van der Waals surface area contributed by atoms with Gasteiger partial charge in [-0.05, 0) is 167 Å². The number of fused-ring (bicyclic) bond motifs is 6. The minimum atomic E-state index is -0.223. The van der Waals surface area contributed by atoms with Gasteiger partial charge in [-0.1, -0.05) is 345 Å². The molecule has 0 atom stereocenters. The Hall–Kier alpha value is -9.37. The van der Waals surface area contributed by atoms with Crippen LogP contribution < -0.4 is 0 Å². The first-order chi connectivity index (χ1) is 51.1. The molecular weight excluding hydrogens is 1260 g/mol. The molecule has 0 bridgehead atoms. The highest BCUT2D eigenvalue weighted by atomic mass is 14.9. The van der Waals surface area contributed by atoms with Gasteiger partial charge < -0.3 is 0 Å². The SMILES string of the molecule is CCCCCCCCC1(CCCCCCCC)c2cc(C)ccc2-c2ccc(-c3cc(-c4ccc5c(c4)C(CCCCCCCC)(CCCCCCCC)c4cc(-c6cccc(-c7cc(-c8ccc(-c9ccc(C)cc9)cc8)nc(-c8ccccc8)n7)c6)ccc4-5)nc(-c4ccc(C#N)cc4)n3)cc21. The van der Waals surface area contributed by atoms with Crippen LogP contribution in [0.2, 0.25) is 0 Å². The van der Waals surface area contributed by atoms with Gasteiger partial charge in [-0.15, -0.1) is 0 Å². The van der Waals surface area contributed by atoms with Crippen LogP contribution in [0, 0.1) is 25.2 Å². The van der Waals surface area contributed by atoms with Gasteiger partial charge in [-0.2, -0.15) is 5.26 Å². The van der Waals surface area contributed by atoms with E-state index < -0.39 is 0 Å². The molecule has 0 spiro atoms. The Morgan fingerprint density at radius 2 is 0.567 bits per heavy atom. The van der Waals surface area contributed by atoms with E-state index >= 15 is 0 Å². The van der Waals surface area contributed by atoms with E-state index in [4.69, 9.17) is 19.9 Å². The van der Waals surface area contributed by atoms with E-state index in [-0.39, 0.29) is 10.8 Å². The first kappa shape index (κ1) is 73.0. The summed E-state index contributed by atoms with van der Waals surface area (Å²) >= 11 is 0. The zero-order valence-electron chi connectivity index (χ0n) is 63.2. The molecule has 13 rings (SSSR count). The highest BCUT2D eigenvalue weighted by molar-refractivity contribution is 5.89. The molecule has 104 heavy (non-hydrogen) atoms. The van der Waals surface area contributed by atoms with Crippen LogP contribution in [0.3, 0.4) is 0 Å². The van der Waals surface area contributed by atoms with E-state index in [0.29, 0.717) is 17.2 Å². The molecule has 0 N–H and O–H groups in total. The van der Waals surface area contributed by atoms with Crippen molar-refractivity contribution >= 4 is 0 Å². The van der Waals surface area contributed by atoms with Crippen molar-refractivity contribution < 1.29 is 0 Å². The molecule has 0 amide bonds. The summed E-state index contributed by atoms with van der Waals surface area (Å²) in [6.45, 7) is 13.7. The molecule has 0 saturated carbocycles. The minimum Gasteiger partial charge on any atom is -0.228 e. The van der Waals surface area contributed by atoms with Crippen LogP contribution in [-0.4, -0.2) is 19.9 Å². The van der Waals surface area contributed by atoms with Crippen LogP contribution in [0.5, 0.6) is 0 Å². The molecule has 530 valence electrons. The van der Waals surface area contributed by atoms with E-state index in [1.165, 1.54) is 219 Å². The summed E-state index contributed by atoms with van der Waals surface area (Å²) in [7, 11) is 0. The summed E-state index contributed by atoms with van der Waals surface area (Å²) in [5, 5.41) is 10.0. The second kappa shape index (κ2) is 34.9. The van der Waals surface area contributed by atoms with Crippen molar-refractivity contribution in [1.29, 1.82) is 5.26 Å². The number of hydrogen-bond acceptors (Lipinski definition) is 5. The lowest BCUT2D eigenvalue weighted by Gasteiger charge is -2.33. The molecule has 5 heteroatoms. The lowest BCUT2D eigenvalue weighted by molar-refractivity contribution is 0.398. The second-order valence-electron chi connectivity index (χ2n) is 30.6. The first-order valence-corrected chi connectivity index (χ1v) is 40.3. The number of aromatic nitrogens is 4. The molecule has 11 aromatic rings. The van der Waals surface area contributed by atoms with E-state index in [1.54, 1.807) is 0 Å². The topological polar surface area (TPSA) is 75.3 Å². The fourth-order valence-electron chi connectivity index (χ4n) is 17.2. The number of rotatable bonds is 36. The maximum absolute atomic E-state index is 10.0. The van der Waals surface area contributed by atoms with Crippen molar-refractivity contribution in [1.82, 2.24) is 19.9 Å². The number of nitriles is 1. The molecule has 9 aromatic carbocycles. The highest BCUT2D eigenvalue weighted by Gasteiger charge is 2.44. The number of aryl methyl sites for hydroxylation is 2. The van der Waals surface area contributed by atoms with Crippen molar-refractivity contribution in [2.45, 2.75) is 232 Å². The Morgan fingerprint density at radius 3 is 1.02 bits per heavy atom. The third-order valence-electron chi connectivity index (χ3n) is 23.1. The Balaban J connectivity index is 0.915. The van der Waals surface area contributed by atoms with Gasteiger partial charge in [0.1, 0.15) is 0 Å². The van der Waals surface area contributed by atoms with Crippen LogP contribution in [0.25, 0.3) is 112 Å². The second-order valence-corrected chi connectivity index (χ2v) is 30.6. The van der Waals surface area contributed by atoms with Crippen LogP contribution in [0.1, 0.15) is 246 Å². The molecular formula is C99H109N5. The monoisotopic (exact) mass is 1370 g/mol. The maximum Gasteiger partial charge on any atom is 0.160 e. The molecule has 2 aliphatic rings. The fraction of sp³-hybridized carbons (Fsp3) is 0.364. The number of hydrogen-bond donors (Lipinski definition) is 0. The Labute approximate surface area is 623 Å². The lowest BCUT2D eigenvalue weighted by Crippen LogP contribution is -2.26. The summed E-state index contributed by atoms with van der Waals surface area (Å²) in [4.78, 5) is 21.8. The molecule has 0 saturated heterocycles. The highest BCUT2D eigenvalue weighted by Crippen LogP contribution is 2.58. The minimum absolute atomic E-state index is 0.0782. The first-order valence-electron chi connectivity index (χ1n) is 40.3. The average molecular weight is 1370 g/mol. The van der Waals surface area contributed by atoms with Crippen molar-refractivity contribution in [2.24, 2.45) is 0 Å². The lowest BCUT2D eigenvalue weighted by atomic mass is 9.70. The fourth-order valence-corrected chi connectivity index (χ4v) is 17.2. The van der Waals surface area contributed by atoms with Gasteiger partial charge in [0, 0.05) is 44.2 Å². The van der Waals surface area contributed by atoms with E-state index in [1.807, 2.05) is 24.3 Å². The standard InChI is InChI=1S/C99H109N5/c1-7-11-15-19-23-30-59-98(60-31-24-20-16-12-8-2)88-63-72(6)41-55-84(88)86-57-53-82(66-90(86)98)94-69-95(104-97(103-94)78-46-42-73(70-100)43-47-78)83-54-58-87-85-56-52-80(65-89(85)99(91(87)67-83,61-32-25-21-17-13-9-3)62-33-26-22-18-14-10-4)79-37-34-38-81(64-79)93-68-92(101-96(102-93)77-35-28-27-29-36-77)76-50-48-75(49-51-76)74-44-39-71(5)40-45-74/h27-29,34-58,63-69H,7-26,30-33,59-62H2,1-6H3. The van der Waals surface area contributed by atoms with Gasteiger partial charge in [0.2, 0.25) is 0 Å². The smallest absolute Gasteiger partial charge is 0.160 e. The maximum atomic E-state index is 10.0. The molecule has 2 aliphatic carbocycles. The third kappa shape index (κ3) is 16.6. The van der Waals surface area contributed by atoms with Gasteiger partial charge in [-0.3, -0.25) is 0 Å². The van der Waals surface area contributed by atoms with Gasteiger partial charge in [-0.25, -0.2) is 19.9 Å². The zero-order valence-corrected chi connectivity index (χ0v) is 63.2. The Kier molecular flexibility index (Phi) is 24.5. The summed E-state index contributed by atoms with van der Waals surface area (Å²) in [5.74, 6) is 1.39. The molecule has 0 aliphatic heterocycles. The number of nitrogens with zero attached hydrogens (tertiary/aromatic N) is 5. The molecule has 5 nitrogen and oxygen atoms in total. The van der Waals surface area contributed by atoms with Gasteiger partial charge >= 0.3 is 0 Å². The summed E-state index contributed by atoms with van der Waals surface area (Å²) in [6.07, 6.45) is 34.8. The molecule has 0 radical (unpaired) electrons. The zero-order chi connectivity index (χ0) is 71.7. The molecule has 2 heterocycles. The third-order valence-corrected chi connectivity index (χ3v) is 23.1. The van der Waals surface area contributed by atoms with Gasteiger partial charge in [0.15, 0.2) is 11.6 Å². The predicted octanol–water partition coefficient (Wildman–Crippen LogP) is 28.6. The normalized spacial score (nSPS) is 13.0. The largest absolute Gasteiger partial charge is 0.228 e. The van der Waals surface area contributed by atoms with Crippen LogP contribution >= 0.6 is 0 Å². The quantitative estimate of drug-likeness (QED) is 0.0366.